The maximum Gasteiger partial charge on any atom is 0.305 e. The molecular weight excluding hydrogens is 264 g/mol. The summed E-state index contributed by atoms with van der Waals surface area (Å²) in [7, 11) is 3.16. The molecule has 20 heavy (non-hydrogen) atoms. The van der Waals surface area contributed by atoms with Gasteiger partial charge in [-0.1, -0.05) is 13.8 Å². The second-order valence-electron chi connectivity index (χ2n) is 4.22. The zero-order valence-electron chi connectivity index (χ0n) is 13.4. The Morgan fingerprint density at radius 2 is 1.10 bits per heavy atom. The smallest absolute Gasteiger partial charge is 0.305 e. The molecule has 0 amide bonds. The lowest BCUT2D eigenvalue weighted by atomic mass is 10.4. The van der Waals surface area contributed by atoms with E-state index in [1.54, 1.807) is 41.9 Å². The van der Waals surface area contributed by atoms with Crippen LogP contribution in [0.1, 0.15) is 40.5 Å². The number of carbonyl (C=O) groups excluding carboxylic acids is 2. The number of hydrogen-bond acceptors (Lipinski definition) is 6. The highest BCUT2D eigenvalue weighted by Crippen LogP contribution is 1.94. The Morgan fingerprint density at radius 3 is 1.30 bits per heavy atom. The van der Waals surface area contributed by atoms with Crippen LogP contribution in [0.2, 0.25) is 0 Å². The molecule has 0 rings (SSSR count). The maximum atomic E-state index is 10.6. The Kier molecular flexibility index (Phi) is 15.1. The van der Waals surface area contributed by atoms with Gasteiger partial charge in [0, 0.05) is 27.1 Å². The lowest BCUT2D eigenvalue weighted by Crippen LogP contribution is -2.18. The van der Waals surface area contributed by atoms with Crippen LogP contribution in [0.15, 0.2) is 0 Å². The average Bonchev–Trinajstić information content (AvgIpc) is 2.39. The number of esters is 2. The van der Waals surface area contributed by atoms with Gasteiger partial charge in [-0.2, -0.15) is 0 Å². The van der Waals surface area contributed by atoms with Gasteiger partial charge in [-0.3, -0.25) is 9.59 Å². The summed E-state index contributed by atoms with van der Waals surface area (Å²) in [6.07, 6.45) is 0.595. The van der Waals surface area contributed by atoms with E-state index < -0.39 is 0 Å². The summed E-state index contributed by atoms with van der Waals surface area (Å²) < 4.78 is 19.3. The minimum Gasteiger partial charge on any atom is -0.460 e. The van der Waals surface area contributed by atoms with Gasteiger partial charge in [0.25, 0.3) is 0 Å². The number of rotatable bonds is 8. The predicted octanol–water partition coefficient (Wildman–Crippen LogP) is 1.95. The fraction of sp³-hybridized carbons (Fsp3) is 0.857. The van der Waals surface area contributed by atoms with Crippen LogP contribution in [-0.4, -0.2) is 51.6 Å². The molecule has 0 bridgehead atoms. The first-order valence-electron chi connectivity index (χ1n) is 6.77. The summed E-state index contributed by atoms with van der Waals surface area (Å²) in [5.74, 6) is -0.353. The second kappa shape index (κ2) is 14.3. The molecule has 0 fully saturated rings. The van der Waals surface area contributed by atoms with Crippen molar-refractivity contribution in [1.29, 1.82) is 0 Å². The van der Waals surface area contributed by atoms with Crippen molar-refractivity contribution in [2.75, 3.05) is 27.4 Å². The maximum absolute atomic E-state index is 10.6. The van der Waals surface area contributed by atoms with Crippen molar-refractivity contribution < 1.29 is 28.5 Å². The number of methoxy groups -OCH3 is 2. The highest BCUT2D eigenvalue weighted by molar-refractivity contribution is 5.69. The van der Waals surface area contributed by atoms with Crippen molar-refractivity contribution in [3.8, 4) is 0 Å². The van der Waals surface area contributed by atoms with E-state index in [-0.39, 0.29) is 24.1 Å². The minimum absolute atomic E-state index is 0.127. The van der Waals surface area contributed by atoms with E-state index in [4.69, 9.17) is 18.9 Å². The lowest BCUT2D eigenvalue weighted by Gasteiger charge is -2.10. The minimum atomic E-state index is -0.176. The van der Waals surface area contributed by atoms with Crippen LogP contribution >= 0.6 is 0 Å². The first-order valence-corrected chi connectivity index (χ1v) is 6.77. The molecule has 0 aromatic heterocycles. The summed E-state index contributed by atoms with van der Waals surface area (Å²) in [6, 6.07) is 0. The molecule has 0 heterocycles. The highest BCUT2D eigenvalue weighted by Gasteiger charge is 2.06. The van der Waals surface area contributed by atoms with Gasteiger partial charge < -0.3 is 18.9 Å². The largest absolute Gasteiger partial charge is 0.460 e. The first-order chi connectivity index (χ1) is 9.40. The molecule has 0 aliphatic carbocycles. The zero-order chi connectivity index (χ0) is 16.0. The summed E-state index contributed by atoms with van der Waals surface area (Å²) >= 11 is 0. The van der Waals surface area contributed by atoms with Gasteiger partial charge in [-0.05, 0) is 13.8 Å². The SMILES string of the molecule is CCC(=O)OC(C)COC.CCC(=O)OC(C)COC. The molecule has 0 radical (unpaired) electrons. The van der Waals surface area contributed by atoms with Crippen molar-refractivity contribution in [3.05, 3.63) is 0 Å². The molecule has 0 spiro atoms. The Morgan fingerprint density at radius 1 is 0.800 bits per heavy atom. The van der Waals surface area contributed by atoms with Gasteiger partial charge in [-0.25, -0.2) is 0 Å². The third kappa shape index (κ3) is 14.9. The molecule has 0 aliphatic rings. The van der Waals surface area contributed by atoms with Gasteiger partial charge in [0.15, 0.2) is 0 Å². The van der Waals surface area contributed by atoms with Crippen LogP contribution in [0.5, 0.6) is 0 Å². The molecule has 0 N–H and O–H groups in total. The third-order valence-electron chi connectivity index (χ3n) is 2.05. The molecule has 2 unspecified atom stereocenters. The van der Waals surface area contributed by atoms with Crippen LogP contribution < -0.4 is 0 Å². The topological polar surface area (TPSA) is 71.1 Å². The number of ether oxygens (including phenoxy) is 4. The van der Waals surface area contributed by atoms with Crippen molar-refractivity contribution in [2.45, 2.75) is 52.7 Å². The highest BCUT2D eigenvalue weighted by atomic mass is 16.6. The van der Waals surface area contributed by atoms with Crippen LogP contribution in [0.4, 0.5) is 0 Å². The van der Waals surface area contributed by atoms with E-state index in [9.17, 15) is 9.59 Å². The summed E-state index contributed by atoms with van der Waals surface area (Å²) in [5, 5.41) is 0. The van der Waals surface area contributed by atoms with E-state index >= 15 is 0 Å². The van der Waals surface area contributed by atoms with E-state index in [0.29, 0.717) is 26.1 Å². The molecule has 6 nitrogen and oxygen atoms in total. The monoisotopic (exact) mass is 292 g/mol. The predicted molar refractivity (Wildman–Crippen MR) is 75.4 cm³/mol. The van der Waals surface area contributed by atoms with E-state index in [0.717, 1.165) is 0 Å². The van der Waals surface area contributed by atoms with Gasteiger partial charge >= 0.3 is 11.9 Å². The standard InChI is InChI=1S/2C7H14O3/c2*1-4-7(8)10-6(2)5-9-3/h2*6H,4-5H2,1-3H3. The van der Waals surface area contributed by atoms with Gasteiger partial charge in [0.1, 0.15) is 12.2 Å². The average molecular weight is 292 g/mol. The fourth-order valence-corrected chi connectivity index (χ4v) is 1.15. The molecule has 0 aromatic rings. The van der Waals surface area contributed by atoms with Crippen molar-refractivity contribution in [1.82, 2.24) is 0 Å². The number of hydrogen-bond donors (Lipinski definition) is 0. The first kappa shape index (κ1) is 21.2. The molecule has 0 saturated heterocycles. The normalized spacial score (nSPS) is 12.7. The van der Waals surface area contributed by atoms with E-state index in [1.807, 2.05) is 0 Å². The van der Waals surface area contributed by atoms with Gasteiger partial charge in [-0.15, -0.1) is 0 Å². The van der Waals surface area contributed by atoms with Crippen LogP contribution in [0.3, 0.4) is 0 Å². The number of carbonyl (C=O) groups is 2. The Bertz CT molecular complexity index is 228. The van der Waals surface area contributed by atoms with Crippen molar-refractivity contribution >= 4 is 11.9 Å². The van der Waals surface area contributed by atoms with Gasteiger partial charge in [0.2, 0.25) is 0 Å². The van der Waals surface area contributed by atoms with Crippen LogP contribution in [0.25, 0.3) is 0 Å². The molecule has 0 saturated carbocycles. The van der Waals surface area contributed by atoms with E-state index in [1.165, 1.54) is 0 Å². The molecule has 2 atom stereocenters. The quantitative estimate of drug-likeness (QED) is 0.637. The molecular formula is C14H28O6. The van der Waals surface area contributed by atoms with Crippen LogP contribution in [0, 0.1) is 0 Å². The summed E-state index contributed by atoms with van der Waals surface area (Å²) in [5.41, 5.74) is 0. The lowest BCUT2D eigenvalue weighted by molar-refractivity contribution is -0.151. The van der Waals surface area contributed by atoms with Crippen LogP contribution in [-0.2, 0) is 28.5 Å². The summed E-state index contributed by atoms with van der Waals surface area (Å²) in [6.45, 7) is 8.06. The van der Waals surface area contributed by atoms with Gasteiger partial charge in [0.05, 0.1) is 13.2 Å². The second-order valence-corrected chi connectivity index (χ2v) is 4.22. The summed E-state index contributed by atoms with van der Waals surface area (Å²) in [4.78, 5) is 21.2. The van der Waals surface area contributed by atoms with Crippen molar-refractivity contribution in [2.24, 2.45) is 0 Å². The van der Waals surface area contributed by atoms with Crippen molar-refractivity contribution in [3.63, 3.8) is 0 Å². The molecule has 0 aliphatic heterocycles. The molecule has 120 valence electrons. The molecule has 0 aromatic carbocycles. The van der Waals surface area contributed by atoms with E-state index in [2.05, 4.69) is 0 Å². The third-order valence-corrected chi connectivity index (χ3v) is 2.05. The zero-order valence-corrected chi connectivity index (χ0v) is 13.4. The Balaban J connectivity index is 0. The Hall–Kier alpha value is -1.14. The Labute approximate surface area is 121 Å². The molecule has 6 heteroatoms. The fourth-order valence-electron chi connectivity index (χ4n) is 1.15.